The van der Waals surface area contributed by atoms with Gasteiger partial charge in [-0.05, 0) is 55.4 Å². The second-order valence-corrected chi connectivity index (χ2v) is 8.73. The normalized spacial score (nSPS) is 25.0. The minimum absolute atomic E-state index is 0.520. The van der Waals surface area contributed by atoms with Crippen molar-refractivity contribution in [3.05, 3.63) is 35.0 Å². The first-order chi connectivity index (χ1) is 13.4. The highest BCUT2D eigenvalue weighted by molar-refractivity contribution is 5.85. The number of hydrogen-bond donors (Lipinski definition) is 2. The maximum absolute atomic E-state index is 5.49. The summed E-state index contributed by atoms with van der Waals surface area (Å²) in [4.78, 5) is 6.30. The van der Waals surface area contributed by atoms with Gasteiger partial charge in [0.15, 0.2) is 0 Å². The average molecular weight is 368 g/mol. The lowest BCUT2D eigenvalue weighted by Gasteiger charge is -2.31. The number of fused-ring (bicyclic) bond motifs is 3. The Balaban J connectivity index is 1.38. The van der Waals surface area contributed by atoms with Crippen LogP contribution in [-0.4, -0.2) is 42.2 Å². The van der Waals surface area contributed by atoms with E-state index in [1.807, 2.05) is 0 Å². The molecule has 1 aromatic carbocycles. The van der Waals surface area contributed by atoms with Gasteiger partial charge < -0.3 is 15.0 Å². The molecule has 0 amide bonds. The highest BCUT2D eigenvalue weighted by Crippen LogP contribution is 2.36. The number of hydrogen-bond acceptors (Lipinski definition) is 3. The van der Waals surface area contributed by atoms with Crippen LogP contribution in [0.1, 0.15) is 67.8 Å². The first-order valence-corrected chi connectivity index (χ1v) is 11.1. The molecule has 1 unspecified atom stereocenters. The first-order valence-electron chi connectivity index (χ1n) is 11.1. The van der Waals surface area contributed by atoms with Crippen molar-refractivity contribution in [1.82, 2.24) is 15.2 Å². The molecule has 4 nitrogen and oxygen atoms in total. The number of H-pyrrole nitrogens is 1. The molecule has 5 rings (SSSR count). The van der Waals surface area contributed by atoms with Crippen LogP contribution in [0.5, 0.6) is 0 Å². The van der Waals surface area contributed by atoms with E-state index in [1.165, 1.54) is 73.5 Å². The summed E-state index contributed by atoms with van der Waals surface area (Å²) in [6.45, 7) is 4.89. The third-order valence-corrected chi connectivity index (χ3v) is 6.82. The molecule has 1 saturated carbocycles. The Morgan fingerprint density at radius 2 is 1.89 bits per heavy atom. The maximum Gasteiger partial charge on any atom is 0.0594 e. The van der Waals surface area contributed by atoms with Crippen molar-refractivity contribution in [2.24, 2.45) is 0 Å². The van der Waals surface area contributed by atoms with Crippen molar-refractivity contribution in [3.63, 3.8) is 0 Å². The maximum atomic E-state index is 5.49. The first kappa shape index (κ1) is 17.7. The van der Waals surface area contributed by atoms with Crippen molar-refractivity contribution >= 4 is 10.9 Å². The van der Waals surface area contributed by atoms with E-state index >= 15 is 0 Å². The van der Waals surface area contributed by atoms with Gasteiger partial charge in [0.25, 0.3) is 0 Å². The fourth-order valence-electron chi connectivity index (χ4n) is 5.35. The van der Waals surface area contributed by atoms with Crippen LogP contribution < -0.4 is 5.32 Å². The number of benzene rings is 1. The predicted molar refractivity (Wildman–Crippen MR) is 110 cm³/mol. The van der Waals surface area contributed by atoms with E-state index in [-0.39, 0.29) is 0 Å². The largest absolute Gasteiger partial charge is 0.379 e. The van der Waals surface area contributed by atoms with Crippen molar-refractivity contribution < 1.29 is 4.74 Å². The number of aromatic nitrogens is 1. The van der Waals surface area contributed by atoms with Gasteiger partial charge in [-0.15, -0.1) is 0 Å². The summed E-state index contributed by atoms with van der Waals surface area (Å²) in [5.41, 5.74) is 5.82. The standard InChI is InChI=1S/C23H33N3O/c1-2-5-18(6-3-1)24-22-8-4-7-19-20-15-17(9-10-21(20)25-23(19)22)16-26-11-13-27-14-12-26/h9-10,15,18,22,24-25H,1-8,11-14,16H2. The lowest BCUT2D eigenvalue weighted by atomic mass is 9.89. The molecule has 2 aromatic rings. The molecule has 2 aliphatic carbocycles. The van der Waals surface area contributed by atoms with Crippen LogP contribution in [0.3, 0.4) is 0 Å². The summed E-state index contributed by atoms with van der Waals surface area (Å²) < 4.78 is 5.49. The summed E-state index contributed by atoms with van der Waals surface area (Å²) in [6, 6.07) is 8.30. The molecule has 4 heteroatoms. The van der Waals surface area contributed by atoms with Crippen LogP contribution in [-0.2, 0) is 17.7 Å². The third-order valence-electron chi connectivity index (χ3n) is 6.82. The molecule has 1 atom stereocenters. The van der Waals surface area contributed by atoms with Crippen LogP contribution in [0, 0.1) is 0 Å². The summed E-state index contributed by atoms with van der Waals surface area (Å²) in [6.07, 6.45) is 10.7. The quantitative estimate of drug-likeness (QED) is 0.846. The minimum Gasteiger partial charge on any atom is -0.379 e. The molecular formula is C23H33N3O. The van der Waals surface area contributed by atoms with Crippen molar-refractivity contribution in [1.29, 1.82) is 0 Å². The number of morpholine rings is 1. The Hall–Kier alpha value is -1.36. The van der Waals surface area contributed by atoms with E-state index in [9.17, 15) is 0 Å². The van der Waals surface area contributed by atoms with Gasteiger partial charge in [0, 0.05) is 48.3 Å². The molecule has 0 bridgehead atoms. The molecule has 0 spiro atoms. The summed E-state index contributed by atoms with van der Waals surface area (Å²) in [7, 11) is 0. The fourth-order valence-corrected chi connectivity index (χ4v) is 5.35. The van der Waals surface area contributed by atoms with Crippen LogP contribution in [0.4, 0.5) is 0 Å². The average Bonchev–Trinajstić information content (AvgIpc) is 3.09. The molecule has 1 aliphatic heterocycles. The van der Waals surface area contributed by atoms with Gasteiger partial charge in [0.1, 0.15) is 0 Å². The SMILES string of the molecule is c1cc2[nH]c3c(c2cc1CN1CCOCC1)CCCC3NC1CCCCC1. The third kappa shape index (κ3) is 3.80. The van der Waals surface area contributed by atoms with Gasteiger partial charge in [0.05, 0.1) is 13.2 Å². The van der Waals surface area contributed by atoms with Crippen molar-refractivity contribution in [2.45, 2.75) is 70.0 Å². The Morgan fingerprint density at radius 3 is 2.74 bits per heavy atom. The second kappa shape index (κ2) is 7.94. The van der Waals surface area contributed by atoms with Crippen molar-refractivity contribution in [2.75, 3.05) is 26.3 Å². The molecule has 2 heterocycles. The zero-order chi connectivity index (χ0) is 18.1. The molecule has 27 heavy (non-hydrogen) atoms. The van der Waals surface area contributed by atoms with Crippen LogP contribution in [0.15, 0.2) is 18.2 Å². The monoisotopic (exact) mass is 367 g/mol. The van der Waals surface area contributed by atoms with E-state index in [0.717, 1.165) is 38.9 Å². The predicted octanol–water partition coefficient (Wildman–Crippen LogP) is 4.30. The van der Waals surface area contributed by atoms with E-state index < -0.39 is 0 Å². The highest BCUT2D eigenvalue weighted by Gasteiger charge is 2.27. The second-order valence-electron chi connectivity index (χ2n) is 8.73. The van der Waals surface area contributed by atoms with Crippen molar-refractivity contribution in [3.8, 4) is 0 Å². The van der Waals surface area contributed by atoms with E-state index in [2.05, 4.69) is 33.4 Å². The zero-order valence-corrected chi connectivity index (χ0v) is 16.4. The Labute approximate surface area is 162 Å². The number of aryl methyl sites for hydroxylation is 1. The lowest BCUT2D eigenvalue weighted by Crippen LogP contribution is -2.36. The number of ether oxygens (including phenoxy) is 1. The van der Waals surface area contributed by atoms with E-state index in [0.29, 0.717) is 6.04 Å². The van der Waals surface area contributed by atoms with E-state index in [4.69, 9.17) is 4.74 Å². The lowest BCUT2D eigenvalue weighted by molar-refractivity contribution is 0.0342. The number of nitrogens with one attached hydrogen (secondary N) is 2. The van der Waals surface area contributed by atoms with Gasteiger partial charge in [-0.25, -0.2) is 0 Å². The van der Waals surface area contributed by atoms with Gasteiger partial charge in [0.2, 0.25) is 0 Å². The molecule has 1 saturated heterocycles. The summed E-state index contributed by atoms with van der Waals surface area (Å²) in [5.74, 6) is 0. The molecule has 3 aliphatic rings. The highest BCUT2D eigenvalue weighted by atomic mass is 16.5. The van der Waals surface area contributed by atoms with E-state index in [1.54, 1.807) is 5.56 Å². The minimum atomic E-state index is 0.520. The molecule has 1 aromatic heterocycles. The van der Waals surface area contributed by atoms with Crippen LogP contribution >= 0.6 is 0 Å². The topological polar surface area (TPSA) is 40.3 Å². The molecular weight excluding hydrogens is 334 g/mol. The Bertz CT molecular complexity index is 771. The zero-order valence-electron chi connectivity index (χ0n) is 16.4. The molecule has 0 radical (unpaired) electrons. The summed E-state index contributed by atoms with van der Waals surface area (Å²) in [5, 5.41) is 5.47. The Kier molecular flexibility index (Phi) is 5.21. The smallest absolute Gasteiger partial charge is 0.0594 e. The molecule has 2 fully saturated rings. The summed E-state index contributed by atoms with van der Waals surface area (Å²) >= 11 is 0. The Morgan fingerprint density at radius 1 is 1.04 bits per heavy atom. The number of rotatable bonds is 4. The van der Waals surface area contributed by atoms with Crippen LogP contribution in [0.25, 0.3) is 10.9 Å². The molecule has 146 valence electrons. The van der Waals surface area contributed by atoms with Crippen LogP contribution in [0.2, 0.25) is 0 Å². The fraction of sp³-hybridized carbons (Fsp3) is 0.652. The van der Waals surface area contributed by atoms with Gasteiger partial charge in [-0.3, -0.25) is 4.90 Å². The number of aromatic amines is 1. The molecule has 2 N–H and O–H groups in total. The van der Waals surface area contributed by atoms with Gasteiger partial charge >= 0.3 is 0 Å². The van der Waals surface area contributed by atoms with Gasteiger partial charge in [-0.1, -0.05) is 25.3 Å². The number of nitrogens with zero attached hydrogens (tertiary/aromatic N) is 1. The van der Waals surface area contributed by atoms with Gasteiger partial charge in [-0.2, -0.15) is 0 Å².